The van der Waals surface area contributed by atoms with Crippen LogP contribution in [-0.2, 0) is 12.8 Å². The minimum atomic E-state index is 1.06. The fourth-order valence-corrected chi connectivity index (χ4v) is 1.37. The summed E-state index contributed by atoms with van der Waals surface area (Å²) in [6.07, 6.45) is 5.67. The first kappa shape index (κ1) is 8.11. The van der Waals surface area contributed by atoms with Gasteiger partial charge in [-0.3, -0.25) is 0 Å². The first-order valence-electron chi connectivity index (χ1n) is 4.50. The molecule has 0 saturated carbocycles. The Balaban J connectivity index is 1.94. The van der Waals surface area contributed by atoms with E-state index in [0.29, 0.717) is 0 Å². The summed E-state index contributed by atoms with van der Waals surface area (Å²) in [5.41, 5.74) is 2.65. The minimum Gasteiger partial charge on any atom is -0.472 e. The third-order valence-corrected chi connectivity index (χ3v) is 2.13. The summed E-state index contributed by atoms with van der Waals surface area (Å²) in [5.74, 6) is 0. The zero-order valence-corrected chi connectivity index (χ0v) is 7.44. The number of benzene rings is 1. The molecule has 0 N–H and O–H groups in total. The number of aryl methyl sites for hydroxylation is 2. The molecule has 0 fully saturated rings. The largest absolute Gasteiger partial charge is 0.472 e. The summed E-state index contributed by atoms with van der Waals surface area (Å²) >= 11 is 0. The third kappa shape index (κ3) is 2.22. The van der Waals surface area contributed by atoms with Gasteiger partial charge in [-0.25, -0.2) is 0 Å². The first-order chi connectivity index (χ1) is 6.45. The molecule has 0 bridgehead atoms. The second-order valence-corrected chi connectivity index (χ2v) is 3.12. The Morgan fingerprint density at radius 1 is 0.846 bits per heavy atom. The van der Waals surface area contributed by atoms with Gasteiger partial charge in [-0.1, -0.05) is 30.3 Å². The van der Waals surface area contributed by atoms with Crippen LogP contribution in [0, 0.1) is 0 Å². The van der Waals surface area contributed by atoms with Gasteiger partial charge in [-0.15, -0.1) is 0 Å². The molecule has 0 spiro atoms. The lowest BCUT2D eigenvalue weighted by Crippen LogP contribution is -1.88. The molecule has 0 saturated heterocycles. The summed E-state index contributed by atoms with van der Waals surface area (Å²) < 4.78 is 5.00. The molecule has 0 aliphatic rings. The van der Waals surface area contributed by atoms with Crippen molar-refractivity contribution in [1.29, 1.82) is 0 Å². The van der Waals surface area contributed by atoms with E-state index in [4.69, 9.17) is 4.42 Å². The third-order valence-electron chi connectivity index (χ3n) is 2.13. The van der Waals surface area contributed by atoms with Crippen LogP contribution in [0.1, 0.15) is 11.1 Å². The van der Waals surface area contributed by atoms with E-state index in [2.05, 4.69) is 24.3 Å². The predicted octanol–water partition coefficient (Wildman–Crippen LogP) is 3.06. The molecular formula is C12H12O. The average Bonchev–Trinajstić information content (AvgIpc) is 2.69. The van der Waals surface area contributed by atoms with E-state index in [-0.39, 0.29) is 0 Å². The normalized spacial score (nSPS) is 10.2. The highest BCUT2D eigenvalue weighted by Crippen LogP contribution is 2.06. The van der Waals surface area contributed by atoms with Gasteiger partial charge in [0.1, 0.15) is 0 Å². The number of hydrogen-bond donors (Lipinski definition) is 0. The van der Waals surface area contributed by atoms with E-state index >= 15 is 0 Å². The van der Waals surface area contributed by atoms with Crippen molar-refractivity contribution in [2.45, 2.75) is 12.8 Å². The second kappa shape index (κ2) is 3.94. The molecule has 0 unspecified atom stereocenters. The van der Waals surface area contributed by atoms with Gasteiger partial charge in [0, 0.05) is 0 Å². The van der Waals surface area contributed by atoms with Crippen molar-refractivity contribution in [3.8, 4) is 0 Å². The van der Waals surface area contributed by atoms with Crippen LogP contribution < -0.4 is 0 Å². The van der Waals surface area contributed by atoms with E-state index in [9.17, 15) is 0 Å². The van der Waals surface area contributed by atoms with E-state index < -0.39 is 0 Å². The number of rotatable bonds is 3. The number of hydrogen-bond acceptors (Lipinski definition) is 1. The summed E-state index contributed by atoms with van der Waals surface area (Å²) in [5, 5.41) is 0. The van der Waals surface area contributed by atoms with E-state index in [1.807, 2.05) is 18.4 Å². The van der Waals surface area contributed by atoms with Gasteiger partial charge in [0.05, 0.1) is 12.5 Å². The highest BCUT2D eigenvalue weighted by molar-refractivity contribution is 5.17. The Morgan fingerprint density at radius 3 is 2.31 bits per heavy atom. The van der Waals surface area contributed by atoms with Crippen LogP contribution in [0.3, 0.4) is 0 Å². The highest BCUT2D eigenvalue weighted by Gasteiger charge is 1.95. The Bertz CT molecular complexity index is 335. The standard InChI is InChI=1S/C12H12O/c1-2-4-11(5-3-1)6-7-12-8-9-13-10-12/h1-5,8-10H,6-7H2. The van der Waals surface area contributed by atoms with Crippen molar-refractivity contribution in [3.63, 3.8) is 0 Å². The quantitative estimate of drug-likeness (QED) is 0.693. The number of furan rings is 1. The molecule has 13 heavy (non-hydrogen) atoms. The van der Waals surface area contributed by atoms with Gasteiger partial charge < -0.3 is 4.42 Å². The Labute approximate surface area is 78.0 Å². The molecule has 2 aromatic rings. The zero-order chi connectivity index (χ0) is 8.93. The van der Waals surface area contributed by atoms with Crippen molar-refractivity contribution in [2.75, 3.05) is 0 Å². The van der Waals surface area contributed by atoms with E-state index in [0.717, 1.165) is 12.8 Å². The van der Waals surface area contributed by atoms with E-state index in [1.165, 1.54) is 11.1 Å². The van der Waals surface area contributed by atoms with Crippen LogP contribution in [0.4, 0.5) is 0 Å². The molecule has 1 aromatic carbocycles. The van der Waals surface area contributed by atoms with Crippen molar-refractivity contribution >= 4 is 0 Å². The zero-order valence-electron chi connectivity index (χ0n) is 7.44. The van der Waals surface area contributed by atoms with Gasteiger partial charge >= 0.3 is 0 Å². The van der Waals surface area contributed by atoms with Crippen molar-refractivity contribution in [3.05, 3.63) is 60.1 Å². The van der Waals surface area contributed by atoms with Gasteiger partial charge in [0.15, 0.2) is 0 Å². The fourth-order valence-electron chi connectivity index (χ4n) is 1.37. The van der Waals surface area contributed by atoms with Crippen LogP contribution >= 0.6 is 0 Å². The molecule has 66 valence electrons. The van der Waals surface area contributed by atoms with Crippen molar-refractivity contribution in [2.24, 2.45) is 0 Å². The van der Waals surface area contributed by atoms with Gasteiger partial charge in [-0.2, -0.15) is 0 Å². The average molecular weight is 172 g/mol. The maximum Gasteiger partial charge on any atom is 0.0934 e. The smallest absolute Gasteiger partial charge is 0.0934 e. The molecule has 0 radical (unpaired) electrons. The molecule has 1 heterocycles. The Morgan fingerprint density at radius 2 is 1.62 bits per heavy atom. The van der Waals surface area contributed by atoms with Crippen LogP contribution in [0.15, 0.2) is 53.3 Å². The molecule has 1 heteroatoms. The maximum atomic E-state index is 5.00. The van der Waals surface area contributed by atoms with Gasteiger partial charge in [0.25, 0.3) is 0 Å². The molecule has 0 aliphatic heterocycles. The van der Waals surface area contributed by atoms with Crippen LogP contribution in [0.5, 0.6) is 0 Å². The fraction of sp³-hybridized carbons (Fsp3) is 0.167. The second-order valence-electron chi connectivity index (χ2n) is 3.12. The lowest BCUT2D eigenvalue weighted by atomic mass is 10.1. The molecule has 0 atom stereocenters. The first-order valence-corrected chi connectivity index (χ1v) is 4.50. The summed E-state index contributed by atoms with van der Waals surface area (Å²) in [7, 11) is 0. The Hall–Kier alpha value is -1.50. The van der Waals surface area contributed by atoms with E-state index in [1.54, 1.807) is 6.26 Å². The minimum absolute atomic E-state index is 1.06. The molecule has 2 rings (SSSR count). The van der Waals surface area contributed by atoms with Gasteiger partial charge in [0.2, 0.25) is 0 Å². The maximum absolute atomic E-state index is 5.00. The predicted molar refractivity (Wildman–Crippen MR) is 52.6 cm³/mol. The molecular weight excluding hydrogens is 160 g/mol. The summed E-state index contributed by atoms with van der Waals surface area (Å²) in [6, 6.07) is 12.5. The van der Waals surface area contributed by atoms with Crippen LogP contribution in [0.2, 0.25) is 0 Å². The summed E-state index contributed by atoms with van der Waals surface area (Å²) in [4.78, 5) is 0. The SMILES string of the molecule is c1ccc(CCc2ccoc2)cc1. The summed E-state index contributed by atoms with van der Waals surface area (Å²) in [6.45, 7) is 0. The van der Waals surface area contributed by atoms with Crippen molar-refractivity contribution < 1.29 is 4.42 Å². The molecule has 0 amide bonds. The lowest BCUT2D eigenvalue weighted by molar-refractivity contribution is 0.563. The Kier molecular flexibility index (Phi) is 2.46. The molecule has 1 aromatic heterocycles. The monoisotopic (exact) mass is 172 g/mol. The topological polar surface area (TPSA) is 13.1 Å². The molecule has 0 aliphatic carbocycles. The lowest BCUT2D eigenvalue weighted by Gasteiger charge is -1.97. The van der Waals surface area contributed by atoms with Gasteiger partial charge in [-0.05, 0) is 30.0 Å². The van der Waals surface area contributed by atoms with Crippen LogP contribution in [-0.4, -0.2) is 0 Å². The van der Waals surface area contributed by atoms with Crippen molar-refractivity contribution in [1.82, 2.24) is 0 Å². The highest BCUT2D eigenvalue weighted by atomic mass is 16.3. The van der Waals surface area contributed by atoms with Crippen LogP contribution in [0.25, 0.3) is 0 Å². The molecule has 1 nitrogen and oxygen atoms in total.